The van der Waals surface area contributed by atoms with Crippen molar-refractivity contribution in [2.24, 2.45) is 0 Å². The summed E-state index contributed by atoms with van der Waals surface area (Å²) in [5.74, 6) is -0.873. The average molecular weight is 257 g/mol. The molecule has 2 N–H and O–H groups in total. The molecule has 1 aromatic rings. The molecule has 0 fully saturated rings. The highest BCUT2D eigenvalue weighted by Crippen LogP contribution is 2.23. The normalized spacial score (nSPS) is 11.4. The van der Waals surface area contributed by atoms with Crippen LogP contribution < -0.4 is 0 Å². The number of thiophene rings is 1. The van der Waals surface area contributed by atoms with Crippen molar-refractivity contribution in [3.05, 3.63) is 21.4 Å². The molecule has 1 aromatic heterocycles. The van der Waals surface area contributed by atoms with Crippen LogP contribution in [0.5, 0.6) is 0 Å². The smallest absolute Gasteiger partial charge is 0.345 e. The second kappa shape index (κ2) is 6.14. The number of aliphatic hydroxyl groups excluding tert-OH is 1. The van der Waals surface area contributed by atoms with Gasteiger partial charge in [-0.3, -0.25) is 4.90 Å². The largest absolute Gasteiger partial charge is 0.477 e. The van der Waals surface area contributed by atoms with E-state index in [4.69, 9.17) is 10.2 Å². The maximum atomic E-state index is 10.9. The van der Waals surface area contributed by atoms with Gasteiger partial charge in [-0.25, -0.2) is 4.79 Å². The van der Waals surface area contributed by atoms with Crippen molar-refractivity contribution in [1.29, 1.82) is 0 Å². The van der Waals surface area contributed by atoms with Crippen LogP contribution in [0, 0.1) is 6.92 Å². The van der Waals surface area contributed by atoms with Crippen LogP contribution in [0.2, 0.25) is 0 Å². The van der Waals surface area contributed by atoms with Crippen molar-refractivity contribution in [1.82, 2.24) is 4.90 Å². The molecule has 0 saturated carbocycles. The Morgan fingerprint density at radius 3 is 2.59 bits per heavy atom. The highest BCUT2D eigenvalue weighted by molar-refractivity contribution is 7.14. The summed E-state index contributed by atoms with van der Waals surface area (Å²) in [5.41, 5.74) is 1.04. The van der Waals surface area contributed by atoms with E-state index in [1.807, 2.05) is 6.92 Å². The maximum Gasteiger partial charge on any atom is 0.345 e. The third kappa shape index (κ3) is 3.80. The molecule has 0 spiro atoms. The molecule has 0 amide bonds. The van der Waals surface area contributed by atoms with E-state index in [9.17, 15) is 4.79 Å². The predicted molar refractivity (Wildman–Crippen MR) is 68.6 cm³/mol. The van der Waals surface area contributed by atoms with Crippen molar-refractivity contribution in [2.45, 2.75) is 33.4 Å². The van der Waals surface area contributed by atoms with Crippen LogP contribution in [0.25, 0.3) is 0 Å². The number of aliphatic hydroxyl groups is 1. The van der Waals surface area contributed by atoms with Crippen molar-refractivity contribution < 1.29 is 15.0 Å². The number of nitrogens with zero attached hydrogens (tertiary/aromatic N) is 1. The monoisotopic (exact) mass is 257 g/mol. The summed E-state index contributed by atoms with van der Waals surface area (Å²) >= 11 is 1.31. The molecule has 0 aliphatic rings. The van der Waals surface area contributed by atoms with Crippen LogP contribution in [0.15, 0.2) is 6.07 Å². The number of hydrogen-bond acceptors (Lipinski definition) is 4. The summed E-state index contributed by atoms with van der Waals surface area (Å²) in [7, 11) is 0. The molecule has 1 rings (SSSR count). The fourth-order valence-corrected chi connectivity index (χ4v) is 2.52. The summed E-state index contributed by atoms with van der Waals surface area (Å²) < 4.78 is 0. The molecule has 0 atom stereocenters. The standard InChI is InChI=1S/C12H19NO3S/c1-8(2)13(4-5-14)7-10-6-11(12(15)16)17-9(10)3/h6,8,14H,4-5,7H2,1-3H3,(H,15,16). The Labute approximate surface area is 106 Å². The van der Waals surface area contributed by atoms with Gasteiger partial charge in [0.2, 0.25) is 0 Å². The lowest BCUT2D eigenvalue weighted by atomic mass is 10.2. The van der Waals surface area contributed by atoms with Crippen molar-refractivity contribution in [3.63, 3.8) is 0 Å². The molecule has 17 heavy (non-hydrogen) atoms. The van der Waals surface area contributed by atoms with Crippen molar-refractivity contribution >= 4 is 17.3 Å². The lowest BCUT2D eigenvalue weighted by Gasteiger charge is -2.25. The van der Waals surface area contributed by atoms with Crippen LogP contribution >= 0.6 is 11.3 Å². The fourth-order valence-electron chi connectivity index (χ4n) is 1.65. The van der Waals surface area contributed by atoms with Gasteiger partial charge in [0.05, 0.1) is 6.61 Å². The van der Waals surface area contributed by atoms with Crippen molar-refractivity contribution in [3.8, 4) is 0 Å². The van der Waals surface area contributed by atoms with Crippen LogP contribution in [-0.4, -0.2) is 40.3 Å². The van der Waals surface area contributed by atoms with E-state index in [0.29, 0.717) is 24.0 Å². The zero-order chi connectivity index (χ0) is 13.0. The van der Waals surface area contributed by atoms with E-state index < -0.39 is 5.97 Å². The van der Waals surface area contributed by atoms with Gasteiger partial charge in [0, 0.05) is 24.0 Å². The van der Waals surface area contributed by atoms with Gasteiger partial charge in [0.25, 0.3) is 0 Å². The Bertz CT molecular complexity index is 387. The number of carbonyl (C=O) groups is 1. The minimum absolute atomic E-state index is 0.118. The van der Waals surface area contributed by atoms with Gasteiger partial charge >= 0.3 is 5.97 Å². The van der Waals surface area contributed by atoms with Gasteiger partial charge in [-0.15, -0.1) is 11.3 Å². The molecule has 96 valence electrons. The predicted octanol–water partition coefficient (Wildman–Crippen LogP) is 1.96. The number of carboxylic acids is 1. The molecule has 5 heteroatoms. The second-order valence-electron chi connectivity index (χ2n) is 4.29. The van der Waals surface area contributed by atoms with Crippen molar-refractivity contribution in [2.75, 3.05) is 13.2 Å². The van der Waals surface area contributed by atoms with Gasteiger partial charge in [0.1, 0.15) is 4.88 Å². The van der Waals surface area contributed by atoms with E-state index in [2.05, 4.69) is 18.7 Å². The van der Waals surface area contributed by atoms with Gasteiger partial charge in [-0.05, 0) is 32.4 Å². The first-order chi connectivity index (χ1) is 7.95. The fraction of sp³-hybridized carbons (Fsp3) is 0.583. The highest BCUT2D eigenvalue weighted by atomic mass is 32.1. The maximum absolute atomic E-state index is 10.9. The molecule has 0 radical (unpaired) electrons. The first-order valence-electron chi connectivity index (χ1n) is 5.63. The molecule has 0 aromatic carbocycles. The minimum Gasteiger partial charge on any atom is -0.477 e. The summed E-state index contributed by atoms with van der Waals surface area (Å²) in [4.78, 5) is 14.4. The summed E-state index contributed by atoms with van der Waals surface area (Å²) in [5, 5.41) is 17.9. The van der Waals surface area contributed by atoms with Gasteiger partial charge in [0.15, 0.2) is 0 Å². The zero-order valence-electron chi connectivity index (χ0n) is 10.4. The van der Waals surface area contributed by atoms with Gasteiger partial charge < -0.3 is 10.2 Å². The van der Waals surface area contributed by atoms with Crippen LogP contribution in [0.4, 0.5) is 0 Å². The molecule has 0 aliphatic carbocycles. The lowest BCUT2D eigenvalue weighted by Crippen LogP contribution is -2.32. The van der Waals surface area contributed by atoms with Gasteiger partial charge in [-0.2, -0.15) is 0 Å². The molecule has 0 unspecified atom stereocenters. The zero-order valence-corrected chi connectivity index (χ0v) is 11.3. The van der Waals surface area contributed by atoms with Crippen LogP contribution in [0.3, 0.4) is 0 Å². The summed E-state index contributed by atoms with van der Waals surface area (Å²) in [6, 6.07) is 2.06. The first kappa shape index (κ1) is 14.2. The minimum atomic E-state index is -0.873. The molecule has 4 nitrogen and oxygen atoms in total. The van der Waals surface area contributed by atoms with E-state index in [-0.39, 0.29) is 6.61 Å². The molecule has 0 saturated heterocycles. The SMILES string of the molecule is Cc1sc(C(=O)O)cc1CN(CCO)C(C)C. The Hall–Kier alpha value is -0.910. The molecular weight excluding hydrogens is 238 g/mol. The third-order valence-corrected chi connectivity index (χ3v) is 3.80. The van der Waals surface area contributed by atoms with E-state index in [1.54, 1.807) is 6.07 Å². The van der Waals surface area contributed by atoms with E-state index in [0.717, 1.165) is 10.4 Å². The second-order valence-corrected chi connectivity index (χ2v) is 5.54. The average Bonchev–Trinajstić information content (AvgIpc) is 2.59. The number of carboxylic acid groups (broad SMARTS) is 1. The highest BCUT2D eigenvalue weighted by Gasteiger charge is 2.15. The number of aromatic carboxylic acids is 1. The quantitative estimate of drug-likeness (QED) is 0.818. The first-order valence-corrected chi connectivity index (χ1v) is 6.44. The molecule has 0 bridgehead atoms. The topological polar surface area (TPSA) is 60.8 Å². The molecular formula is C12H19NO3S. The molecule has 1 heterocycles. The number of rotatable bonds is 6. The number of aryl methyl sites for hydroxylation is 1. The lowest BCUT2D eigenvalue weighted by molar-refractivity contribution is 0.0702. The number of hydrogen-bond donors (Lipinski definition) is 2. The Morgan fingerprint density at radius 1 is 1.53 bits per heavy atom. The van der Waals surface area contributed by atoms with E-state index >= 15 is 0 Å². The Kier molecular flexibility index (Phi) is 5.11. The summed E-state index contributed by atoms with van der Waals surface area (Å²) in [6.45, 7) is 7.48. The van der Waals surface area contributed by atoms with Gasteiger partial charge in [-0.1, -0.05) is 0 Å². The third-order valence-electron chi connectivity index (χ3n) is 2.72. The van der Waals surface area contributed by atoms with Crippen LogP contribution in [-0.2, 0) is 6.54 Å². The van der Waals surface area contributed by atoms with E-state index in [1.165, 1.54) is 11.3 Å². The Morgan fingerprint density at radius 2 is 2.18 bits per heavy atom. The molecule has 0 aliphatic heterocycles. The Balaban J connectivity index is 2.82. The summed E-state index contributed by atoms with van der Waals surface area (Å²) in [6.07, 6.45) is 0. The van der Waals surface area contributed by atoms with Crippen LogP contribution in [0.1, 0.15) is 34.0 Å².